The van der Waals surface area contributed by atoms with Crippen LogP contribution in [0.2, 0.25) is 5.02 Å². The predicted molar refractivity (Wildman–Crippen MR) is 76.2 cm³/mol. The highest BCUT2D eigenvalue weighted by molar-refractivity contribution is 6.32. The van der Waals surface area contributed by atoms with E-state index in [4.69, 9.17) is 17.3 Å². The van der Waals surface area contributed by atoms with E-state index in [0.29, 0.717) is 12.0 Å². The molecule has 0 spiro atoms. The van der Waals surface area contributed by atoms with Gasteiger partial charge in [-0.05, 0) is 11.6 Å². The van der Waals surface area contributed by atoms with E-state index in [1.165, 1.54) is 0 Å². The number of para-hydroxylation sites is 1. The number of halogens is 1. The lowest BCUT2D eigenvalue weighted by Crippen LogP contribution is -2.28. The van der Waals surface area contributed by atoms with Crippen molar-refractivity contribution in [1.29, 1.82) is 0 Å². The minimum absolute atomic E-state index is 0.0659. The number of hydrogen-bond acceptors (Lipinski definition) is 3. The van der Waals surface area contributed by atoms with Gasteiger partial charge in [0.25, 0.3) is 0 Å². The Morgan fingerprint density at radius 1 is 1.05 bits per heavy atom. The van der Waals surface area contributed by atoms with E-state index in [0.717, 1.165) is 5.56 Å². The van der Waals surface area contributed by atoms with Gasteiger partial charge in [0.1, 0.15) is 5.75 Å². The van der Waals surface area contributed by atoms with Crippen LogP contribution in [-0.4, -0.2) is 16.3 Å². The number of hydrogen-bond donors (Lipinski definition) is 3. The highest BCUT2D eigenvalue weighted by Crippen LogP contribution is 2.32. The molecule has 2 rings (SSSR count). The van der Waals surface area contributed by atoms with E-state index in [2.05, 4.69) is 0 Å². The smallest absolute Gasteiger partial charge is 0.139 e. The van der Waals surface area contributed by atoms with Crippen LogP contribution < -0.4 is 5.73 Å². The lowest BCUT2D eigenvalue weighted by Gasteiger charge is -2.20. The molecule has 0 aliphatic rings. The fourth-order valence-corrected chi connectivity index (χ4v) is 2.17. The average Bonchev–Trinajstić information content (AvgIpc) is 2.42. The molecule has 100 valence electrons. The highest BCUT2D eigenvalue weighted by atomic mass is 35.5. The van der Waals surface area contributed by atoms with E-state index in [9.17, 15) is 10.2 Å². The van der Waals surface area contributed by atoms with Gasteiger partial charge in [-0.3, -0.25) is 0 Å². The van der Waals surface area contributed by atoms with E-state index >= 15 is 0 Å². The van der Waals surface area contributed by atoms with Crippen molar-refractivity contribution in [2.24, 2.45) is 5.73 Å². The lowest BCUT2D eigenvalue weighted by molar-refractivity contribution is 0.144. The zero-order valence-corrected chi connectivity index (χ0v) is 11.1. The Morgan fingerprint density at radius 3 is 2.42 bits per heavy atom. The number of nitrogens with two attached hydrogens (primary N) is 1. The highest BCUT2D eigenvalue weighted by Gasteiger charge is 2.21. The van der Waals surface area contributed by atoms with Crippen LogP contribution in [0.5, 0.6) is 5.75 Å². The topological polar surface area (TPSA) is 66.5 Å². The van der Waals surface area contributed by atoms with Crippen molar-refractivity contribution >= 4 is 11.6 Å². The molecular weight excluding hydrogens is 262 g/mol. The summed E-state index contributed by atoms with van der Waals surface area (Å²) in [6.45, 7) is 0. The normalized spacial score (nSPS) is 14.1. The first-order valence-corrected chi connectivity index (χ1v) is 6.42. The standard InChI is InChI=1S/C15H16ClNO2/c16-12-8-4-7-11(15(12)19)14(17)13(18)9-10-5-2-1-3-6-10/h1-8,13-14,18-19H,9,17H2/t13-,14+/m1/s1. The number of phenols is 1. The fourth-order valence-electron chi connectivity index (χ4n) is 1.99. The van der Waals surface area contributed by atoms with Crippen LogP contribution in [0.15, 0.2) is 48.5 Å². The molecule has 0 fully saturated rings. The van der Waals surface area contributed by atoms with Gasteiger partial charge < -0.3 is 15.9 Å². The molecule has 4 heteroatoms. The molecule has 0 amide bonds. The monoisotopic (exact) mass is 277 g/mol. The SMILES string of the molecule is N[C@@H](c1cccc(Cl)c1O)[C@H](O)Cc1ccccc1. The van der Waals surface area contributed by atoms with Crippen molar-refractivity contribution in [1.82, 2.24) is 0 Å². The fraction of sp³-hybridized carbons (Fsp3) is 0.200. The van der Waals surface area contributed by atoms with Crippen LogP contribution in [0.4, 0.5) is 0 Å². The summed E-state index contributed by atoms with van der Waals surface area (Å²) in [6, 6.07) is 13.8. The molecule has 0 saturated carbocycles. The molecule has 0 unspecified atom stereocenters. The zero-order chi connectivity index (χ0) is 13.8. The third-order valence-electron chi connectivity index (χ3n) is 3.08. The summed E-state index contributed by atoms with van der Waals surface area (Å²) in [5.41, 5.74) is 7.43. The van der Waals surface area contributed by atoms with Crippen LogP contribution >= 0.6 is 11.6 Å². The quantitative estimate of drug-likeness (QED) is 0.805. The number of aliphatic hydroxyl groups excluding tert-OH is 1. The maximum absolute atomic E-state index is 10.2. The molecule has 0 aliphatic carbocycles. The largest absolute Gasteiger partial charge is 0.506 e. The molecule has 0 radical (unpaired) electrons. The van der Waals surface area contributed by atoms with Gasteiger partial charge in [-0.2, -0.15) is 0 Å². The van der Waals surface area contributed by atoms with Gasteiger partial charge in [0.2, 0.25) is 0 Å². The van der Waals surface area contributed by atoms with Gasteiger partial charge in [-0.15, -0.1) is 0 Å². The molecule has 2 aromatic carbocycles. The Morgan fingerprint density at radius 2 is 1.74 bits per heavy atom. The van der Waals surface area contributed by atoms with Gasteiger partial charge in [0.15, 0.2) is 0 Å². The first-order valence-electron chi connectivity index (χ1n) is 6.04. The van der Waals surface area contributed by atoms with Crippen molar-refractivity contribution in [2.45, 2.75) is 18.6 Å². The van der Waals surface area contributed by atoms with Crippen molar-refractivity contribution in [3.63, 3.8) is 0 Å². The molecule has 0 aliphatic heterocycles. The third-order valence-corrected chi connectivity index (χ3v) is 3.38. The van der Waals surface area contributed by atoms with Crippen LogP contribution in [0, 0.1) is 0 Å². The lowest BCUT2D eigenvalue weighted by atomic mass is 9.96. The summed E-state index contributed by atoms with van der Waals surface area (Å²) in [4.78, 5) is 0. The summed E-state index contributed by atoms with van der Waals surface area (Å²) in [5, 5.41) is 20.3. The van der Waals surface area contributed by atoms with Crippen molar-refractivity contribution < 1.29 is 10.2 Å². The molecule has 0 bridgehead atoms. The van der Waals surface area contributed by atoms with E-state index in [-0.39, 0.29) is 10.8 Å². The summed E-state index contributed by atoms with van der Waals surface area (Å²) >= 11 is 5.84. The average molecular weight is 278 g/mol. The summed E-state index contributed by atoms with van der Waals surface area (Å²) in [5.74, 6) is -0.0659. The molecular formula is C15H16ClNO2. The van der Waals surface area contributed by atoms with Crippen LogP contribution in [-0.2, 0) is 6.42 Å². The Balaban J connectivity index is 2.15. The van der Waals surface area contributed by atoms with E-state index in [1.807, 2.05) is 30.3 Å². The summed E-state index contributed by atoms with van der Waals surface area (Å²) in [7, 11) is 0. The molecule has 0 saturated heterocycles. The maximum atomic E-state index is 10.2. The number of phenolic OH excluding ortho intramolecular Hbond substituents is 1. The Kier molecular flexibility index (Phi) is 4.43. The second-order valence-electron chi connectivity index (χ2n) is 4.46. The molecule has 4 N–H and O–H groups in total. The Hall–Kier alpha value is -1.55. The molecule has 3 nitrogen and oxygen atoms in total. The number of benzene rings is 2. The third kappa shape index (κ3) is 3.26. The maximum Gasteiger partial charge on any atom is 0.139 e. The Bertz CT molecular complexity index is 545. The van der Waals surface area contributed by atoms with Crippen LogP contribution in [0.1, 0.15) is 17.2 Å². The van der Waals surface area contributed by atoms with Gasteiger partial charge in [0.05, 0.1) is 17.2 Å². The second kappa shape index (κ2) is 6.06. The van der Waals surface area contributed by atoms with Crippen molar-refractivity contribution in [2.75, 3.05) is 0 Å². The van der Waals surface area contributed by atoms with Crippen molar-refractivity contribution in [3.05, 3.63) is 64.7 Å². The van der Waals surface area contributed by atoms with Gasteiger partial charge in [0, 0.05) is 12.0 Å². The molecule has 19 heavy (non-hydrogen) atoms. The number of aliphatic hydroxyl groups is 1. The van der Waals surface area contributed by atoms with Gasteiger partial charge in [-0.25, -0.2) is 0 Å². The minimum atomic E-state index is -0.785. The molecule has 2 aromatic rings. The van der Waals surface area contributed by atoms with E-state index in [1.54, 1.807) is 18.2 Å². The van der Waals surface area contributed by atoms with Crippen molar-refractivity contribution in [3.8, 4) is 5.75 Å². The first kappa shape index (κ1) is 13.9. The van der Waals surface area contributed by atoms with Crippen LogP contribution in [0.3, 0.4) is 0 Å². The second-order valence-corrected chi connectivity index (χ2v) is 4.87. The zero-order valence-electron chi connectivity index (χ0n) is 10.3. The van der Waals surface area contributed by atoms with Gasteiger partial charge in [-0.1, -0.05) is 54.1 Å². The number of rotatable bonds is 4. The number of aromatic hydroxyl groups is 1. The first-order chi connectivity index (χ1) is 9.09. The Labute approximate surface area is 117 Å². The molecule has 2 atom stereocenters. The van der Waals surface area contributed by atoms with Gasteiger partial charge >= 0.3 is 0 Å². The summed E-state index contributed by atoms with van der Waals surface area (Å²) in [6.07, 6.45) is -0.361. The molecule has 0 aromatic heterocycles. The van der Waals surface area contributed by atoms with Crippen LogP contribution in [0.25, 0.3) is 0 Å². The minimum Gasteiger partial charge on any atom is -0.506 e. The predicted octanol–water partition coefficient (Wildman–Crippen LogP) is 2.65. The van der Waals surface area contributed by atoms with E-state index < -0.39 is 12.1 Å². The summed E-state index contributed by atoms with van der Waals surface area (Å²) < 4.78 is 0. The molecule has 0 heterocycles.